The summed E-state index contributed by atoms with van der Waals surface area (Å²) < 4.78 is 3.88. The third kappa shape index (κ3) is 2.82. The molecular weight excluding hydrogens is 302 g/mol. The lowest BCUT2D eigenvalue weighted by molar-refractivity contribution is 0.0949. The van der Waals surface area contributed by atoms with Gasteiger partial charge in [-0.25, -0.2) is 4.98 Å². The molecule has 1 N–H and O–H groups in total. The van der Waals surface area contributed by atoms with Gasteiger partial charge in [0.25, 0.3) is 5.91 Å². The lowest BCUT2D eigenvalue weighted by Gasteiger charge is -2.25. The summed E-state index contributed by atoms with van der Waals surface area (Å²) in [5, 5.41) is 7.23. The van der Waals surface area contributed by atoms with Crippen molar-refractivity contribution in [2.75, 3.05) is 0 Å². The molecule has 1 saturated carbocycles. The van der Waals surface area contributed by atoms with Crippen LogP contribution >= 0.6 is 0 Å². The highest BCUT2D eigenvalue weighted by Crippen LogP contribution is 2.30. The highest BCUT2D eigenvalue weighted by molar-refractivity contribution is 5.93. The van der Waals surface area contributed by atoms with Gasteiger partial charge in [-0.1, -0.05) is 18.2 Å². The Labute approximate surface area is 140 Å². The first-order valence-corrected chi connectivity index (χ1v) is 8.21. The molecule has 0 unspecified atom stereocenters. The molecule has 0 spiro atoms. The van der Waals surface area contributed by atoms with Crippen molar-refractivity contribution in [3.05, 3.63) is 66.5 Å². The molecular formula is C18H19N5O. The fourth-order valence-electron chi connectivity index (χ4n) is 2.86. The smallest absolute Gasteiger partial charge is 0.254 e. The van der Waals surface area contributed by atoms with Crippen LogP contribution in [0.15, 0.2) is 55.1 Å². The van der Waals surface area contributed by atoms with E-state index in [4.69, 9.17) is 0 Å². The van der Waals surface area contributed by atoms with Gasteiger partial charge in [0.2, 0.25) is 0 Å². The third-order valence-corrected chi connectivity index (χ3v) is 4.47. The van der Waals surface area contributed by atoms with Crippen molar-refractivity contribution in [2.24, 2.45) is 0 Å². The average Bonchev–Trinajstić information content (AvgIpc) is 3.21. The maximum atomic E-state index is 12.3. The summed E-state index contributed by atoms with van der Waals surface area (Å²) in [6.45, 7) is 0.370. The van der Waals surface area contributed by atoms with E-state index in [2.05, 4.69) is 15.4 Å². The quantitative estimate of drug-likeness (QED) is 0.786. The van der Waals surface area contributed by atoms with Crippen LogP contribution in [0.1, 0.15) is 41.5 Å². The van der Waals surface area contributed by atoms with Crippen LogP contribution in [0.25, 0.3) is 5.69 Å². The summed E-state index contributed by atoms with van der Waals surface area (Å²) in [7, 11) is 0. The SMILES string of the molecule is O=C(NCc1nccn1-c1ccccc1)c1cnn(C2CCC2)c1. The van der Waals surface area contributed by atoms with Crippen molar-refractivity contribution in [1.29, 1.82) is 0 Å². The van der Waals surface area contributed by atoms with E-state index in [-0.39, 0.29) is 5.91 Å². The second kappa shape index (κ2) is 6.31. The maximum absolute atomic E-state index is 12.3. The van der Waals surface area contributed by atoms with Gasteiger partial charge in [-0.05, 0) is 31.4 Å². The fraction of sp³-hybridized carbons (Fsp3) is 0.278. The normalized spacial score (nSPS) is 14.3. The molecule has 0 bridgehead atoms. The number of nitrogens with zero attached hydrogens (tertiary/aromatic N) is 4. The maximum Gasteiger partial charge on any atom is 0.254 e. The van der Waals surface area contributed by atoms with Gasteiger partial charge in [0, 0.05) is 24.3 Å². The third-order valence-electron chi connectivity index (χ3n) is 4.47. The zero-order chi connectivity index (χ0) is 16.4. The van der Waals surface area contributed by atoms with Crippen molar-refractivity contribution in [3.8, 4) is 5.69 Å². The van der Waals surface area contributed by atoms with Crippen molar-refractivity contribution in [2.45, 2.75) is 31.8 Å². The van der Waals surface area contributed by atoms with Gasteiger partial charge in [-0.2, -0.15) is 5.10 Å². The van der Waals surface area contributed by atoms with Gasteiger partial charge < -0.3 is 9.88 Å². The van der Waals surface area contributed by atoms with Gasteiger partial charge >= 0.3 is 0 Å². The lowest BCUT2D eigenvalue weighted by Crippen LogP contribution is -2.24. The number of para-hydroxylation sites is 1. The van der Waals surface area contributed by atoms with Crippen LogP contribution in [0.3, 0.4) is 0 Å². The van der Waals surface area contributed by atoms with Crippen LogP contribution in [-0.4, -0.2) is 25.2 Å². The first-order valence-electron chi connectivity index (χ1n) is 8.21. The summed E-state index contributed by atoms with van der Waals surface area (Å²) in [5.74, 6) is 0.670. The second-order valence-corrected chi connectivity index (χ2v) is 6.03. The highest BCUT2D eigenvalue weighted by atomic mass is 16.1. The van der Waals surface area contributed by atoms with E-state index in [9.17, 15) is 4.79 Å². The number of benzene rings is 1. The van der Waals surface area contributed by atoms with Crippen molar-refractivity contribution < 1.29 is 4.79 Å². The van der Waals surface area contributed by atoms with Crippen LogP contribution in [0.4, 0.5) is 0 Å². The van der Waals surface area contributed by atoms with Crippen LogP contribution in [-0.2, 0) is 6.54 Å². The zero-order valence-corrected chi connectivity index (χ0v) is 13.3. The van der Waals surface area contributed by atoms with Crippen molar-refractivity contribution >= 4 is 5.91 Å². The number of nitrogens with one attached hydrogen (secondary N) is 1. The van der Waals surface area contributed by atoms with Crippen LogP contribution < -0.4 is 5.32 Å². The van der Waals surface area contributed by atoms with Gasteiger partial charge in [0.1, 0.15) is 5.82 Å². The number of hydrogen-bond acceptors (Lipinski definition) is 3. The molecule has 0 radical (unpaired) electrons. The molecule has 122 valence electrons. The summed E-state index contributed by atoms with van der Waals surface area (Å²) in [5.41, 5.74) is 1.62. The summed E-state index contributed by atoms with van der Waals surface area (Å²) in [4.78, 5) is 16.7. The number of imidazole rings is 1. The Kier molecular flexibility index (Phi) is 3.86. The molecule has 1 amide bonds. The number of carbonyl (C=O) groups is 1. The topological polar surface area (TPSA) is 64.7 Å². The van der Waals surface area contributed by atoms with Gasteiger partial charge in [-0.3, -0.25) is 9.48 Å². The van der Waals surface area contributed by atoms with Crippen LogP contribution in [0.2, 0.25) is 0 Å². The average molecular weight is 321 g/mol. The molecule has 6 heteroatoms. The molecule has 0 atom stereocenters. The predicted molar refractivity (Wildman–Crippen MR) is 89.8 cm³/mol. The summed E-state index contributed by atoms with van der Waals surface area (Å²) in [6, 6.07) is 10.4. The molecule has 2 heterocycles. The van der Waals surface area contributed by atoms with Gasteiger partial charge in [0.15, 0.2) is 0 Å². The van der Waals surface area contributed by atoms with Crippen LogP contribution in [0.5, 0.6) is 0 Å². The molecule has 24 heavy (non-hydrogen) atoms. The number of aromatic nitrogens is 4. The monoisotopic (exact) mass is 321 g/mol. The Balaban J connectivity index is 1.43. The van der Waals surface area contributed by atoms with E-state index in [1.165, 1.54) is 6.42 Å². The Morgan fingerprint density at radius 3 is 2.83 bits per heavy atom. The molecule has 4 rings (SSSR count). The van der Waals surface area contributed by atoms with E-state index in [1.54, 1.807) is 12.4 Å². The van der Waals surface area contributed by atoms with E-state index in [0.29, 0.717) is 18.2 Å². The molecule has 0 saturated heterocycles. The number of hydrogen-bond donors (Lipinski definition) is 1. The first kappa shape index (κ1) is 14.7. The van der Waals surface area contributed by atoms with Crippen molar-refractivity contribution in [1.82, 2.24) is 24.6 Å². The minimum absolute atomic E-state index is 0.122. The molecule has 6 nitrogen and oxygen atoms in total. The predicted octanol–water partition coefficient (Wildman–Crippen LogP) is 2.72. The Morgan fingerprint density at radius 1 is 1.25 bits per heavy atom. The lowest BCUT2D eigenvalue weighted by atomic mass is 9.93. The Bertz CT molecular complexity index is 832. The fourth-order valence-corrected chi connectivity index (χ4v) is 2.86. The Morgan fingerprint density at radius 2 is 2.08 bits per heavy atom. The Hall–Kier alpha value is -2.89. The van der Waals surface area contributed by atoms with Gasteiger partial charge in [0.05, 0.1) is 24.3 Å². The molecule has 0 aliphatic heterocycles. The number of carbonyl (C=O) groups excluding carboxylic acids is 1. The molecule has 2 aromatic heterocycles. The number of rotatable bonds is 5. The largest absolute Gasteiger partial charge is 0.345 e. The highest BCUT2D eigenvalue weighted by Gasteiger charge is 2.21. The van der Waals surface area contributed by atoms with E-state index < -0.39 is 0 Å². The van der Waals surface area contributed by atoms with E-state index >= 15 is 0 Å². The summed E-state index contributed by atoms with van der Waals surface area (Å²) >= 11 is 0. The molecule has 1 aliphatic carbocycles. The molecule has 1 aliphatic rings. The molecule has 1 fully saturated rings. The first-order chi connectivity index (χ1) is 11.8. The zero-order valence-electron chi connectivity index (χ0n) is 13.3. The van der Waals surface area contributed by atoms with E-state index in [0.717, 1.165) is 24.4 Å². The van der Waals surface area contributed by atoms with Crippen molar-refractivity contribution in [3.63, 3.8) is 0 Å². The van der Waals surface area contributed by atoms with Crippen LogP contribution in [0, 0.1) is 0 Å². The molecule has 1 aromatic carbocycles. The molecule has 3 aromatic rings. The minimum atomic E-state index is -0.122. The minimum Gasteiger partial charge on any atom is -0.345 e. The van der Waals surface area contributed by atoms with E-state index in [1.807, 2.05) is 52.0 Å². The summed E-state index contributed by atoms with van der Waals surface area (Å²) in [6.07, 6.45) is 10.7. The number of amides is 1. The second-order valence-electron chi connectivity index (χ2n) is 6.03. The van der Waals surface area contributed by atoms with Gasteiger partial charge in [-0.15, -0.1) is 0 Å². The standard InChI is InChI=1S/C18H19N5O/c24-18(14-11-21-23(13-14)16-7-4-8-16)20-12-17-19-9-10-22(17)15-5-2-1-3-6-15/h1-3,5-6,9-11,13,16H,4,7-8,12H2,(H,20,24).